The summed E-state index contributed by atoms with van der Waals surface area (Å²) in [6, 6.07) is 16.3. The number of nitrogens with one attached hydrogen (secondary N) is 1. The fourth-order valence-electron chi connectivity index (χ4n) is 3.37. The minimum Gasteiger partial charge on any atom is -0.468 e. The number of rotatable bonds is 4. The van der Waals surface area contributed by atoms with Gasteiger partial charge in [0, 0.05) is 10.2 Å². The van der Waals surface area contributed by atoms with Crippen LogP contribution in [0, 0.1) is 0 Å². The molecule has 2 heterocycles. The number of carbonyl (C=O) groups excluding carboxylic acids is 2. The maximum Gasteiger partial charge on any atom is 0.244 e. The molecule has 0 fully saturated rings. The first-order valence-corrected chi connectivity index (χ1v) is 11.4. The van der Waals surface area contributed by atoms with E-state index in [0.29, 0.717) is 5.69 Å². The molecule has 7 nitrogen and oxygen atoms in total. The molecule has 1 atom stereocenters. The Kier molecular flexibility index (Phi) is 5.48. The van der Waals surface area contributed by atoms with Crippen molar-refractivity contribution in [1.29, 1.82) is 0 Å². The van der Waals surface area contributed by atoms with Crippen molar-refractivity contribution in [2.24, 2.45) is 0 Å². The Balaban J connectivity index is 1.67. The Morgan fingerprint density at radius 1 is 1.10 bits per heavy atom. The lowest BCUT2D eigenvalue weighted by Gasteiger charge is -2.21. The number of benzene rings is 2. The largest absolute Gasteiger partial charge is 0.468 e. The highest BCUT2D eigenvalue weighted by Crippen LogP contribution is 2.40. The third-order valence-electron chi connectivity index (χ3n) is 4.79. The Hall–Kier alpha value is -2.91. The Morgan fingerprint density at radius 3 is 2.53 bits per heavy atom. The molecule has 0 radical (unpaired) electrons. The SMILES string of the molecule is O=C(CN1C(=O)CC(c2ccco2)S(=O)(=O)c2ccccc21)Nc1ccc(Br)cc1. The summed E-state index contributed by atoms with van der Waals surface area (Å²) in [6.07, 6.45) is 1.05. The predicted octanol–water partition coefficient (Wildman–Crippen LogP) is 3.93. The van der Waals surface area contributed by atoms with Crippen molar-refractivity contribution >= 4 is 49.0 Å². The molecule has 1 aromatic heterocycles. The lowest BCUT2D eigenvalue weighted by Crippen LogP contribution is -2.38. The van der Waals surface area contributed by atoms with Crippen molar-refractivity contribution in [2.75, 3.05) is 16.8 Å². The lowest BCUT2D eigenvalue weighted by molar-refractivity contribution is -0.121. The van der Waals surface area contributed by atoms with Crippen LogP contribution in [-0.4, -0.2) is 26.8 Å². The number of para-hydroxylation sites is 1. The van der Waals surface area contributed by atoms with Gasteiger partial charge in [0.05, 0.1) is 23.3 Å². The molecule has 0 spiro atoms. The van der Waals surface area contributed by atoms with Crippen LogP contribution in [0.3, 0.4) is 0 Å². The van der Waals surface area contributed by atoms with Crippen LogP contribution in [0.1, 0.15) is 17.4 Å². The van der Waals surface area contributed by atoms with E-state index in [0.717, 1.165) is 4.47 Å². The molecule has 0 saturated heterocycles. The quantitative estimate of drug-likeness (QED) is 0.599. The maximum atomic E-state index is 13.3. The second-order valence-electron chi connectivity index (χ2n) is 6.76. The summed E-state index contributed by atoms with van der Waals surface area (Å²) < 4.78 is 32.7. The van der Waals surface area contributed by atoms with E-state index in [1.807, 2.05) is 0 Å². The van der Waals surface area contributed by atoms with Gasteiger partial charge in [-0.05, 0) is 48.5 Å². The van der Waals surface area contributed by atoms with Gasteiger partial charge in [0.1, 0.15) is 17.6 Å². The van der Waals surface area contributed by atoms with E-state index < -0.39 is 26.9 Å². The molecule has 0 aliphatic carbocycles. The van der Waals surface area contributed by atoms with E-state index in [-0.39, 0.29) is 29.3 Å². The zero-order chi connectivity index (χ0) is 21.3. The second kappa shape index (κ2) is 8.08. The first-order chi connectivity index (χ1) is 14.4. The number of nitrogens with zero attached hydrogens (tertiary/aromatic N) is 1. The third kappa shape index (κ3) is 3.90. The van der Waals surface area contributed by atoms with Gasteiger partial charge in [-0.2, -0.15) is 0 Å². The number of fused-ring (bicyclic) bond motifs is 1. The maximum absolute atomic E-state index is 13.3. The fraction of sp³-hybridized carbons (Fsp3) is 0.143. The van der Waals surface area contributed by atoms with Crippen molar-refractivity contribution in [1.82, 2.24) is 0 Å². The molecule has 1 unspecified atom stereocenters. The average molecular weight is 489 g/mol. The minimum absolute atomic E-state index is 0.00584. The van der Waals surface area contributed by atoms with Crippen LogP contribution in [0.5, 0.6) is 0 Å². The third-order valence-corrected chi connectivity index (χ3v) is 7.42. The van der Waals surface area contributed by atoms with Gasteiger partial charge in [0.15, 0.2) is 9.84 Å². The first-order valence-electron chi connectivity index (χ1n) is 9.08. The van der Waals surface area contributed by atoms with Gasteiger partial charge in [-0.15, -0.1) is 0 Å². The molecule has 1 aliphatic rings. The Labute approximate surface area is 181 Å². The van der Waals surface area contributed by atoms with Gasteiger partial charge in [-0.1, -0.05) is 28.1 Å². The number of carbonyl (C=O) groups is 2. The summed E-state index contributed by atoms with van der Waals surface area (Å²) in [4.78, 5) is 26.9. The molecule has 2 aromatic carbocycles. The summed E-state index contributed by atoms with van der Waals surface area (Å²) in [6.45, 7) is -0.313. The fourth-order valence-corrected chi connectivity index (χ4v) is 5.48. The molecule has 9 heteroatoms. The molecule has 1 aliphatic heterocycles. The van der Waals surface area contributed by atoms with Crippen LogP contribution in [-0.2, 0) is 19.4 Å². The zero-order valence-electron chi connectivity index (χ0n) is 15.6. The van der Waals surface area contributed by atoms with Gasteiger partial charge in [0.2, 0.25) is 11.8 Å². The van der Waals surface area contributed by atoms with E-state index in [1.54, 1.807) is 42.5 Å². The molecular weight excluding hydrogens is 472 g/mol. The smallest absolute Gasteiger partial charge is 0.244 e. The zero-order valence-corrected chi connectivity index (χ0v) is 18.0. The normalized spacial score (nSPS) is 17.8. The molecule has 1 N–H and O–H groups in total. The highest BCUT2D eigenvalue weighted by atomic mass is 79.9. The molecular formula is C21H17BrN2O5S. The molecule has 3 aromatic rings. The summed E-state index contributed by atoms with van der Waals surface area (Å²) in [5.41, 5.74) is 0.752. The number of hydrogen-bond donors (Lipinski definition) is 1. The molecule has 0 saturated carbocycles. The monoisotopic (exact) mass is 488 g/mol. The van der Waals surface area contributed by atoms with Crippen molar-refractivity contribution in [3.8, 4) is 0 Å². The predicted molar refractivity (Wildman–Crippen MR) is 115 cm³/mol. The summed E-state index contributed by atoms with van der Waals surface area (Å²) in [5, 5.41) is 1.57. The summed E-state index contributed by atoms with van der Waals surface area (Å²) in [5.74, 6) is -0.718. The highest BCUT2D eigenvalue weighted by molar-refractivity contribution is 9.10. The first kappa shape index (κ1) is 20.4. The molecule has 154 valence electrons. The van der Waals surface area contributed by atoms with Crippen molar-refractivity contribution < 1.29 is 22.4 Å². The molecule has 0 bridgehead atoms. The minimum atomic E-state index is -3.90. The lowest BCUT2D eigenvalue weighted by atomic mass is 10.2. The van der Waals surface area contributed by atoms with E-state index >= 15 is 0 Å². The molecule has 4 rings (SSSR count). The number of hydrogen-bond acceptors (Lipinski definition) is 5. The highest BCUT2D eigenvalue weighted by Gasteiger charge is 2.41. The van der Waals surface area contributed by atoms with Crippen molar-refractivity contribution in [3.63, 3.8) is 0 Å². The van der Waals surface area contributed by atoms with Crippen LogP contribution in [0.25, 0.3) is 0 Å². The van der Waals surface area contributed by atoms with Crippen LogP contribution in [0.4, 0.5) is 11.4 Å². The van der Waals surface area contributed by atoms with Gasteiger partial charge < -0.3 is 14.6 Å². The standard InChI is InChI=1S/C21H17BrN2O5S/c22-14-7-9-15(10-8-14)23-20(25)13-24-16-4-1-2-6-18(16)30(27,28)19(12-21(24)26)17-5-3-11-29-17/h1-11,19H,12-13H2,(H,23,25). The number of sulfone groups is 1. The van der Waals surface area contributed by atoms with E-state index in [4.69, 9.17) is 4.42 Å². The number of anilines is 2. The van der Waals surface area contributed by atoms with Crippen molar-refractivity contribution in [3.05, 3.63) is 77.2 Å². The Bertz CT molecular complexity index is 1190. The van der Waals surface area contributed by atoms with E-state index in [1.165, 1.54) is 29.4 Å². The van der Waals surface area contributed by atoms with E-state index in [9.17, 15) is 18.0 Å². The summed E-state index contributed by atoms with van der Waals surface area (Å²) in [7, 11) is -3.90. The molecule has 2 amide bonds. The topological polar surface area (TPSA) is 96.7 Å². The number of halogens is 1. The average Bonchev–Trinajstić information content (AvgIpc) is 3.23. The number of furan rings is 1. The van der Waals surface area contributed by atoms with Gasteiger partial charge in [0.25, 0.3) is 0 Å². The Morgan fingerprint density at radius 2 is 1.83 bits per heavy atom. The molecule has 30 heavy (non-hydrogen) atoms. The van der Waals surface area contributed by atoms with Crippen LogP contribution < -0.4 is 10.2 Å². The van der Waals surface area contributed by atoms with E-state index in [2.05, 4.69) is 21.2 Å². The van der Waals surface area contributed by atoms with Gasteiger partial charge in [-0.3, -0.25) is 9.59 Å². The van der Waals surface area contributed by atoms with Crippen LogP contribution >= 0.6 is 15.9 Å². The number of amides is 2. The van der Waals surface area contributed by atoms with Gasteiger partial charge >= 0.3 is 0 Å². The summed E-state index contributed by atoms with van der Waals surface area (Å²) >= 11 is 3.33. The van der Waals surface area contributed by atoms with Gasteiger partial charge in [-0.25, -0.2) is 8.42 Å². The van der Waals surface area contributed by atoms with Crippen LogP contribution in [0.15, 0.2) is 80.7 Å². The van der Waals surface area contributed by atoms with Crippen LogP contribution in [0.2, 0.25) is 0 Å². The second-order valence-corrected chi connectivity index (χ2v) is 9.77. The van der Waals surface area contributed by atoms with Crippen molar-refractivity contribution in [2.45, 2.75) is 16.6 Å².